The smallest absolute Gasteiger partial charge is 0.0133 e. The van der Waals surface area contributed by atoms with Crippen molar-refractivity contribution in [1.29, 1.82) is 0 Å². The predicted octanol–water partition coefficient (Wildman–Crippen LogP) is 8.77. The molecule has 2 fully saturated rings. The summed E-state index contributed by atoms with van der Waals surface area (Å²) in [6.45, 7) is 24.2. The molecule has 0 aromatic carbocycles. The summed E-state index contributed by atoms with van der Waals surface area (Å²) < 4.78 is 0. The van der Waals surface area contributed by atoms with Crippen LogP contribution < -0.4 is 0 Å². The highest BCUT2D eigenvalue weighted by atomic mass is 14.6. The summed E-state index contributed by atoms with van der Waals surface area (Å²) in [5.74, 6) is 6.28. The zero-order valence-electron chi connectivity index (χ0n) is 20.4. The van der Waals surface area contributed by atoms with E-state index in [4.69, 9.17) is 0 Å². The molecule has 0 radical (unpaired) electrons. The maximum absolute atomic E-state index is 2.61. The number of hydrogen-bond acceptors (Lipinski definition) is 0. The molecule has 3 aliphatic rings. The van der Waals surface area contributed by atoms with Crippen LogP contribution in [-0.4, -0.2) is 0 Å². The van der Waals surface area contributed by atoms with E-state index >= 15 is 0 Å². The molecule has 0 heteroatoms. The van der Waals surface area contributed by atoms with Gasteiger partial charge < -0.3 is 0 Å². The number of allylic oxidation sites excluding steroid dienone is 2. The van der Waals surface area contributed by atoms with E-state index in [1.165, 1.54) is 38.5 Å². The van der Waals surface area contributed by atoms with Crippen molar-refractivity contribution in [1.82, 2.24) is 0 Å². The lowest BCUT2D eigenvalue weighted by atomic mass is 9.44. The van der Waals surface area contributed by atoms with Crippen LogP contribution in [0.4, 0.5) is 0 Å². The van der Waals surface area contributed by atoms with Crippen LogP contribution in [-0.2, 0) is 0 Å². The Hall–Kier alpha value is -0.260. The minimum absolute atomic E-state index is 0.444. The second kappa shape index (κ2) is 8.62. The second-order valence-corrected chi connectivity index (χ2v) is 11.7. The Balaban J connectivity index is 0.00000126. The van der Waals surface area contributed by atoms with Crippen molar-refractivity contribution in [2.75, 3.05) is 0 Å². The molecule has 0 aromatic heterocycles. The van der Waals surface area contributed by atoms with Gasteiger partial charge >= 0.3 is 0 Å². The third-order valence-corrected chi connectivity index (χ3v) is 8.35. The van der Waals surface area contributed by atoms with Gasteiger partial charge in [0.1, 0.15) is 0 Å². The van der Waals surface area contributed by atoms with Crippen molar-refractivity contribution in [2.45, 2.75) is 108 Å². The standard InChI is InChI=1S/C25H44.C2H6/c1-16(2)18(4)23(22(21-11-12-21)19(5)20-9-10-20)25(14-13-17(25)3)15-24(6,7)8;1-2/h9,16-19,21-23H,10-15H2,1-8H3;1-2H3. The van der Waals surface area contributed by atoms with Gasteiger partial charge in [-0.15, -0.1) is 0 Å². The van der Waals surface area contributed by atoms with Crippen molar-refractivity contribution in [3.05, 3.63) is 11.6 Å². The first-order valence-corrected chi connectivity index (χ1v) is 12.3. The number of rotatable bonds is 8. The van der Waals surface area contributed by atoms with Crippen LogP contribution >= 0.6 is 0 Å². The third-order valence-electron chi connectivity index (χ3n) is 8.35. The highest BCUT2D eigenvalue weighted by Gasteiger charge is 2.58. The van der Waals surface area contributed by atoms with Gasteiger partial charge in [0.15, 0.2) is 0 Å². The number of hydrogen-bond donors (Lipinski definition) is 0. The van der Waals surface area contributed by atoms with E-state index in [9.17, 15) is 0 Å². The summed E-state index contributed by atoms with van der Waals surface area (Å²) in [4.78, 5) is 0. The highest BCUT2D eigenvalue weighted by molar-refractivity contribution is 5.26. The predicted molar refractivity (Wildman–Crippen MR) is 122 cm³/mol. The zero-order valence-corrected chi connectivity index (χ0v) is 20.4. The molecule has 6 unspecified atom stereocenters. The Morgan fingerprint density at radius 1 is 1.04 bits per heavy atom. The third kappa shape index (κ3) is 5.02. The van der Waals surface area contributed by atoms with Crippen molar-refractivity contribution in [2.24, 2.45) is 52.3 Å². The highest BCUT2D eigenvalue weighted by Crippen LogP contribution is 2.66. The molecule has 3 aliphatic carbocycles. The van der Waals surface area contributed by atoms with Crippen LogP contribution in [0.25, 0.3) is 0 Å². The summed E-state index contributed by atoms with van der Waals surface area (Å²) in [5, 5.41) is 0. The summed E-state index contributed by atoms with van der Waals surface area (Å²) in [5.41, 5.74) is 2.83. The minimum atomic E-state index is 0.444. The average molecular weight is 375 g/mol. The summed E-state index contributed by atoms with van der Waals surface area (Å²) in [6.07, 6.45) is 11.2. The van der Waals surface area contributed by atoms with Gasteiger partial charge in [0.05, 0.1) is 0 Å². The van der Waals surface area contributed by atoms with Crippen LogP contribution in [0, 0.1) is 52.3 Å². The van der Waals surface area contributed by atoms with E-state index in [1.54, 1.807) is 5.57 Å². The maximum Gasteiger partial charge on any atom is -0.0133 e. The fourth-order valence-electron chi connectivity index (χ4n) is 6.51. The molecule has 27 heavy (non-hydrogen) atoms. The molecule has 3 rings (SSSR count). The van der Waals surface area contributed by atoms with E-state index in [2.05, 4.69) is 61.5 Å². The Morgan fingerprint density at radius 2 is 1.59 bits per heavy atom. The first kappa shape index (κ1) is 23.0. The van der Waals surface area contributed by atoms with Crippen molar-refractivity contribution in [3.63, 3.8) is 0 Å². The van der Waals surface area contributed by atoms with Gasteiger partial charge in [0.2, 0.25) is 0 Å². The monoisotopic (exact) mass is 374 g/mol. The lowest BCUT2D eigenvalue weighted by molar-refractivity contribution is -0.117. The largest absolute Gasteiger partial charge is 0.0807 e. The van der Waals surface area contributed by atoms with Crippen LogP contribution in [0.3, 0.4) is 0 Å². The van der Waals surface area contributed by atoms with Gasteiger partial charge in [-0.1, -0.05) is 80.9 Å². The van der Waals surface area contributed by atoms with E-state index in [1.807, 2.05) is 13.8 Å². The summed E-state index contributed by atoms with van der Waals surface area (Å²) in [7, 11) is 0. The molecule has 0 aromatic rings. The van der Waals surface area contributed by atoms with Crippen LogP contribution in [0.2, 0.25) is 0 Å². The average Bonchev–Trinajstić information content (AvgIpc) is 3.48. The Kier molecular flexibility index (Phi) is 7.35. The van der Waals surface area contributed by atoms with Gasteiger partial charge in [-0.05, 0) is 90.8 Å². The molecule has 0 N–H and O–H groups in total. The lowest BCUT2D eigenvalue weighted by Gasteiger charge is -2.61. The zero-order chi connectivity index (χ0) is 20.6. The summed E-state index contributed by atoms with van der Waals surface area (Å²) >= 11 is 0. The molecule has 0 aliphatic heterocycles. The van der Waals surface area contributed by atoms with Gasteiger partial charge in [0.25, 0.3) is 0 Å². The molecular weight excluding hydrogens is 324 g/mol. The van der Waals surface area contributed by atoms with E-state index in [0.717, 1.165) is 41.4 Å². The van der Waals surface area contributed by atoms with Crippen LogP contribution in [0.1, 0.15) is 108 Å². The van der Waals surface area contributed by atoms with E-state index < -0.39 is 0 Å². The van der Waals surface area contributed by atoms with Crippen molar-refractivity contribution < 1.29 is 0 Å². The molecule has 158 valence electrons. The van der Waals surface area contributed by atoms with E-state index in [-0.39, 0.29) is 0 Å². The fourth-order valence-corrected chi connectivity index (χ4v) is 6.51. The lowest BCUT2D eigenvalue weighted by Crippen LogP contribution is -2.53. The normalized spacial score (nSPS) is 31.8. The van der Waals surface area contributed by atoms with Gasteiger partial charge in [-0.2, -0.15) is 0 Å². The van der Waals surface area contributed by atoms with E-state index in [0.29, 0.717) is 10.8 Å². The molecule has 0 spiro atoms. The molecule has 6 atom stereocenters. The Labute approximate surface area is 172 Å². The molecular formula is C27H50. The fraction of sp³-hybridized carbons (Fsp3) is 0.926. The van der Waals surface area contributed by atoms with Gasteiger partial charge in [-0.25, -0.2) is 0 Å². The molecule has 0 amide bonds. The summed E-state index contributed by atoms with van der Waals surface area (Å²) in [6, 6.07) is 0. The van der Waals surface area contributed by atoms with Crippen molar-refractivity contribution in [3.8, 4) is 0 Å². The SMILES string of the molecule is CC.CC(C)C(C)C(C(C1CC1)C(C)C1=CC1)C1(CC(C)(C)C)CCC1C. The molecule has 0 nitrogen and oxygen atoms in total. The first-order valence-electron chi connectivity index (χ1n) is 12.3. The van der Waals surface area contributed by atoms with Gasteiger partial charge in [0, 0.05) is 0 Å². The quantitative estimate of drug-likeness (QED) is 0.372. The second-order valence-electron chi connectivity index (χ2n) is 11.7. The first-order chi connectivity index (χ1) is 12.6. The topological polar surface area (TPSA) is 0 Å². The molecule has 0 bridgehead atoms. The maximum atomic E-state index is 2.61. The van der Waals surface area contributed by atoms with Crippen LogP contribution in [0.15, 0.2) is 11.6 Å². The van der Waals surface area contributed by atoms with Crippen LogP contribution in [0.5, 0.6) is 0 Å². The van der Waals surface area contributed by atoms with Crippen molar-refractivity contribution >= 4 is 0 Å². The Morgan fingerprint density at radius 3 is 1.89 bits per heavy atom. The molecule has 2 saturated carbocycles. The van der Waals surface area contributed by atoms with Gasteiger partial charge in [-0.3, -0.25) is 0 Å². The Bertz CT molecular complexity index is 501. The minimum Gasteiger partial charge on any atom is -0.0807 e. The molecule has 0 saturated heterocycles. The molecule has 0 heterocycles.